The summed E-state index contributed by atoms with van der Waals surface area (Å²) in [5.41, 5.74) is 5.15. The number of hydrogen-bond acceptors (Lipinski definition) is 3. The molecular weight excluding hydrogens is 432 g/mol. The molecule has 0 atom stereocenters. The summed E-state index contributed by atoms with van der Waals surface area (Å²) in [5, 5.41) is 0.879. The predicted molar refractivity (Wildman–Crippen MR) is 133 cm³/mol. The third-order valence-electron chi connectivity index (χ3n) is 5.92. The van der Waals surface area contributed by atoms with Crippen molar-refractivity contribution in [3.8, 4) is 0 Å². The number of pyridine rings is 1. The number of sulfonamides is 1. The second kappa shape index (κ2) is 8.96. The first kappa shape index (κ1) is 23.0. The highest BCUT2D eigenvalue weighted by Gasteiger charge is 2.29. The molecule has 3 aromatic carbocycles. The van der Waals surface area contributed by atoms with Crippen LogP contribution in [0, 0.1) is 27.7 Å². The van der Waals surface area contributed by atoms with Crippen LogP contribution in [-0.2, 0) is 23.1 Å². The summed E-state index contributed by atoms with van der Waals surface area (Å²) in [6.07, 6.45) is 0. The average molecular weight is 461 g/mol. The SMILES string of the molecule is Cc1cc(C)c(S(=O)(=O)N(Cc2ccccc2)Cc2cc3cccc(C)c3[nH]c2=O)c(C)c1. The Hall–Kier alpha value is -3.22. The first-order valence-electron chi connectivity index (χ1n) is 10.9. The summed E-state index contributed by atoms with van der Waals surface area (Å²) < 4.78 is 29.3. The van der Waals surface area contributed by atoms with Gasteiger partial charge in [-0.1, -0.05) is 66.2 Å². The Balaban J connectivity index is 1.84. The maximum absolute atomic E-state index is 13.9. The van der Waals surface area contributed by atoms with Gasteiger partial charge in [-0.15, -0.1) is 0 Å². The summed E-state index contributed by atoms with van der Waals surface area (Å²) in [6, 6.07) is 20.8. The minimum atomic E-state index is -3.87. The molecule has 4 aromatic rings. The van der Waals surface area contributed by atoms with Crippen molar-refractivity contribution in [2.45, 2.75) is 45.7 Å². The van der Waals surface area contributed by atoms with Crippen LogP contribution in [0.1, 0.15) is 33.4 Å². The van der Waals surface area contributed by atoms with Crippen LogP contribution < -0.4 is 5.56 Å². The molecule has 1 aromatic heterocycles. The van der Waals surface area contributed by atoms with Crippen molar-refractivity contribution < 1.29 is 8.42 Å². The number of aryl methyl sites for hydroxylation is 4. The Bertz CT molecular complexity index is 1470. The summed E-state index contributed by atoms with van der Waals surface area (Å²) in [5.74, 6) is 0. The van der Waals surface area contributed by atoms with Crippen LogP contribution in [0.4, 0.5) is 0 Å². The zero-order chi connectivity index (χ0) is 23.8. The number of H-pyrrole nitrogens is 1. The third-order valence-corrected chi connectivity index (χ3v) is 8.01. The number of fused-ring (bicyclic) bond motifs is 1. The number of hydrogen-bond donors (Lipinski definition) is 1. The highest BCUT2D eigenvalue weighted by atomic mass is 32.2. The van der Waals surface area contributed by atoms with Crippen LogP contribution in [0.3, 0.4) is 0 Å². The largest absolute Gasteiger partial charge is 0.321 e. The van der Waals surface area contributed by atoms with Crippen LogP contribution in [0.15, 0.2) is 76.4 Å². The van der Waals surface area contributed by atoms with Crippen molar-refractivity contribution in [2.75, 3.05) is 0 Å². The van der Waals surface area contributed by atoms with Gasteiger partial charge in [0.2, 0.25) is 10.0 Å². The Morgan fingerprint density at radius 3 is 2.12 bits per heavy atom. The zero-order valence-electron chi connectivity index (χ0n) is 19.3. The van der Waals surface area contributed by atoms with Gasteiger partial charge in [0.25, 0.3) is 5.56 Å². The van der Waals surface area contributed by atoms with Crippen LogP contribution >= 0.6 is 0 Å². The molecule has 0 radical (unpaired) electrons. The number of nitrogens with zero attached hydrogens (tertiary/aromatic N) is 1. The lowest BCUT2D eigenvalue weighted by molar-refractivity contribution is 0.399. The molecule has 33 heavy (non-hydrogen) atoms. The molecule has 0 unspecified atom stereocenters. The average Bonchev–Trinajstić information content (AvgIpc) is 2.74. The number of nitrogens with one attached hydrogen (secondary N) is 1. The number of aromatic nitrogens is 1. The highest BCUT2D eigenvalue weighted by molar-refractivity contribution is 7.89. The maximum Gasteiger partial charge on any atom is 0.252 e. The molecule has 4 rings (SSSR count). The Kier molecular flexibility index (Phi) is 6.23. The van der Waals surface area contributed by atoms with E-state index in [0.717, 1.165) is 27.6 Å². The first-order valence-corrected chi connectivity index (χ1v) is 12.3. The van der Waals surface area contributed by atoms with E-state index in [1.165, 1.54) is 4.31 Å². The standard InChI is InChI=1S/C27H28N2O3S/c1-18-13-20(3)26(21(4)14-18)33(31,32)29(16-22-10-6-5-7-11-22)17-24-15-23-12-8-9-19(2)25(23)28-27(24)30/h5-15H,16-17H2,1-4H3,(H,28,30). The predicted octanol–water partition coefficient (Wildman–Crippen LogP) is 5.15. The van der Waals surface area contributed by atoms with E-state index in [2.05, 4.69) is 4.98 Å². The molecule has 0 aliphatic heterocycles. The van der Waals surface area contributed by atoms with Gasteiger partial charge in [-0.05, 0) is 61.4 Å². The second-order valence-electron chi connectivity index (χ2n) is 8.65. The smallest absolute Gasteiger partial charge is 0.252 e. The van der Waals surface area contributed by atoms with E-state index in [4.69, 9.17) is 0 Å². The van der Waals surface area contributed by atoms with Gasteiger partial charge in [-0.3, -0.25) is 4.79 Å². The molecule has 0 saturated heterocycles. The Morgan fingerprint density at radius 1 is 0.788 bits per heavy atom. The van der Waals surface area contributed by atoms with E-state index < -0.39 is 10.0 Å². The third kappa shape index (κ3) is 4.63. The molecule has 6 heteroatoms. The van der Waals surface area contributed by atoms with Gasteiger partial charge in [-0.2, -0.15) is 4.31 Å². The van der Waals surface area contributed by atoms with Crippen LogP contribution in [0.25, 0.3) is 10.9 Å². The molecule has 1 heterocycles. The molecule has 0 saturated carbocycles. The molecule has 1 N–H and O–H groups in total. The van der Waals surface area contributed by atoms with E-state index >= 15 is 0 Å². The van der Waals surface area contributed by atoms with Crippen molar-refractivity contribution in [1.29, 1.82) is 0 Å². The van der Waals surface area contributed by atoms with E-state index in [-0.39, 0.29) is 18.6 Å². The van der Waals surface area contributed by atoms with E-state index in [0.29, 0.717) is 21.6 Å². The molecule has 0 spiro atoms. The second-order valence-corrected chi connectivity index (χ2v) is 10.5. The lowest BCUT2D eigenvalue weighted by Crippen LogP contribution is -2.33. The fourth-order valence-corrected chi connectivity index (χ4v) is 6.27. The van der Waals surface area contributed by atoms with Gasteiger partial charge >= 0.3 is 0 Å². The van der Waals surface area contributed by atoms with Gasteiger partial charge in [-0.25, -0.2) is 8.42 Å². The maximum atomic E-state index is 13.9. The molecule has 0 aliphatic rings. The van der Waals surface area contributed by atoms with Gasteiger partial charge < -0.3 is 4.98 Å². The number of aromatic amines is 1. The summed E-state index contributed by atoms with van der Waals surface area (Å²) >= 11 is 0. The number of benzene rings is 3. The van der Waals surface area contributed by atoms with Crippen molar-refractivity contribution in [3.05, 3.63) is 110 Å². The van der Waals surface area contributed by atoms with Gasteiger partial charge in [0, 0.05) is 18.7 Å². The zero-order valence-corrected chi connectivity index (χ0v) is 20.2. The molecule has 5 nitrogen and oxygen atoms in total. The first-order chi connectivity index (χ1) is 15.7. The molecule has 0 bridgehead atoms. The quantitative estimate of drug-likeness (QED) is 0.432. The van der Waals surface area contributed by atoms with Crippen LogP contribution in [0.5, 0.6) is 0 Å². The summed E-state index contributed by atoms with van der Waals surface area (Å²) in [6.45, 7) is 7.67. The number of rotatable bonds is 6. The fourth-order valence-electron chi connectivity index (χ4n) is 4.45. The van der Waals surface area contributed by atoms with E-state index in [9.17, 15) is 13.2 Å². The highest BCUT2D eigenvalue weighted by Crippen LogP contribution is 2.28. The Morgan fingerprint density at radius 2 is 1.45 bits per heavy atom. The van der Waals surface area contributed by atoms with E-state index in [1.54, 1.807) is 6.07 Å². The van der Waals surface area contributed by atoms with E-state index in [1.807, 2.05) is 88.4 Å². The Labute approximate surface area is 194 Å². The number of para-hydroxylation sites is 1. The fraction of sp³-hybridized carbons (Fsp3) is 0.222. The summed E-state index contributed by atoms with van der Waals surface area (Å²) in [7, 11) is -3.87. The van der Waals surface area contributed by atoms with Gasteiger partial charge in [0.05, 0.1) is 10.4 Å². The van der Waals surface area contributed by atoms with Gasteiger partial charge in [0.15, 0.2) is 0 Å². The lowest BCUT2D eigenvalue weighted by atomic mass is 10.1. The molecule has 0 fully saturated rings. The minimum Gasteiger partial charge on any atom is -0.321 e. The van der Waals surface area contributed by atoms with Crippen molar-refractivity contribution in [2.24, 2.45) is 0 Å². The van der Waals surface area contributed by atoms with Gasteiger partial charge in [0.1, 0.15) is 0 Å². The minimum absolute atomic E-state index is 0.0246. The van der Waals surface area contributed by atoms with Crippen molar-refractivity contribution >= 4 is 20.9 Å². The van der Waals surface area contributed by atoms with Crippen LogP contribution in [0.2, 0.25) is 0 Å². The normalized spacial score (nSPS) is 11.9. The topological polar surface area (TPSA) is 70.2 Å². The van der Waals surface area contributed by atoms with Crippen molar-refractivity contribution in [1.82, 2.24) is 9.29 Å². The summed E-state index contributed by atoms with van der Waals surface area (Å²) in [4.78, 5) is 16.2. The molecule has 170 valence electrons. The molecular formula is C27H28N2O3S. The molecule has 0 aliphatic carbocycles. The van der Waals surface area contributed by atoms with Crippen LogP contribution in [-0.4, -0.2) is 17.7 Å². The molecule has 0 amide bonds. The monoisotopic (exact) mass is 460 g/mol. The van der Waals surface area contributed by atoms with Crippen molar-refractivity contribution in [3.63, 3.8) is 0 Å². The lowest BCUT2D eigenvalue weighted by Gasteiger charge is -2.24.